The van der Waals surface area contributed by atoms with Crippen molar-refractivity contribution in [2.24, 2.45) is 0 Å². The van der Waals surface area contributed by atoms with Crippen molar-refractivity contribution < 1.29 is 14.7 Å². The van der Waals surface area contributed by atoms with Crippen molar-refractivity contribution in [1.82, 2.24) is 15.1 Å². The SMILES string of the molecule is CC(CNC(=O)N1CCCC1(C)C(=O)O)N1CCCC1. The maximum atomic E-state index is 12.2. The van der Waals surface area contributed by atoms with Gasteiger partial charge in [-0.05, 0) is 52.6 Å². The predicted octanol–water partition coefficient (Wildman–Crippen LogP) is 1.12. The van der Waals surface area contributed by atoms with Crippen LogP contribution in [0.1, 0.15) is 39.5 Å². The van der Waals surface area contributed by atoms with Gasteiger partial charge in [0.1, 0.15) is 5.54 Å². The molecule has 2 rings (SSSR count). The van der Waals surface area contributed by atoms with Crippen molar-refractivity contribution in [1.29, 1.82) is 0 Å². The fourth-order valence-electron chi connectivity index (χ4n) is 3.15. The summed E-state index contributed by atoms with van der Waals surface area (Å²) in [5.74, 6) is -0.919. The van der Waals surface area contributed by atoms with Gasteiger partial charge in [-0.2, -0.15) is 0 Å². The summed E-state index contributed by atoms with van der Waals surface area (Å²) in [6.07, 6.45) is 3.72. The summed E-state index contributed by atoms with van der Waals surface area (Å²) >= 11 is 0. The van der Waals surface area contributed by atoms with E-state index in [9.17, 15) is 14.7 Å². The Balaban J connectivity index is 1.86. The highest BCUT2D eigenvalue weighted by Crippen LogP contribution is 2.29. The zero-order valence-electron chi connectivity index (χ0n) is 12.4. The third-order valence-electron chi connectivity index (χ3n) is 4.66. The van der Waals surface area contributed by atoms with Crippen molar-refractivity contribution in [3.05, 3.63) is 0 Å². The molecule has 0 spiro atoms. The number of carboxylic acids is 1. The van der Waals surface area contributed by atoms with Crippen molar-refractivity contribution >= 4 is 12.0 Å². The molecule has 2 aliphatic rings. The summed E-state index contributed by atoms with van der Waals surface area (Å²) in [6.45, 7) is 7.01. The van der Waals surface area contributed by atoms with Crippen LogP contribution in [0.5, 0.6) is 0 Å². The van der Waals surface area contributed by atoms with Gasteiger partial charge in [0.05, 0.1) is 0 Å². The smallest absolute Gasteiger partial charge is 0.329 e. The molecule has 2 fully saturated rings. The summed E-state index contributed by atoms with van der Waals surface area (Å²) in [6, 6.07) is 0.0542. The lowest BCUT2D eigenvalue weighted by Gasteiger charge is -2.32. The Bertz CT molecular complexity index is 382. The van der Waals surface area contributed by atoms with Gasteiger partial charge in [0.2, 0.25) is 0 Å². The van der Waals surface area contributed by atoms with Crippen molar-refractivity contribution in [2.75, 3.05) is 26.2 Å². The largest absolute Gasteiger partial charge is 0.480 e. The summed E-state index contributed by atoms with van der Waals surface area (Å²) in [5, 5.41) is 12.2. The van der Waals surface area contributed by atoms with Crippen molar-refractivity contribution in [3.8, 4) is 0 Å². The van der Waals surface area contributed by atoms with Crippen LogP contribution in [0, 0.1) is 0 Å². The number of nitrogens with zero attached hydrogens (tertiary/aromatic N) is 2. The Morgan fingerprint density at radius 3 is 2.50 bits per heavy atom. The number of carbonyl (C=O) groups excluding carboxylic acids is 1. The number of hydrogen-bond donors (Lipinski definition) is 2. The van der Waals surface area contributed by atoms with E-state index in [1.807, 2.05) is 0 Å². The Hall–Kier alpha value is -1.30. The second kappa shape index (κ2) is 5.99. The molecule has 0 radical (unpaired) electrons. The lowest BCUT2D eigenvalue weighted by Crippen LogP contribution is -2.55. The molecule has 6 heteroatoms. The zero-order valence-corrected chi connectivity index (χ0v) is 12.4. The van der Waals surface area contributed by atoms with Gasteiger partial charge in [0.15, 0.2) is 0 Å². The first-order valence-electron chi connectivity index (χ1n) is 7.48. The van der Waals surface area contributed by atoms with Crippen LogP contribution in [-0.2, 0) is 4.79 Å². The first kappa shape index (κ1) is 15.1. The molecule has 6 nitrogen and oxygen atoms in total. The molecule has 2 unspecified atom stereocenters. The lowest BCUT2D eigenvalue weighted by molar-refractivity contribution is -0.147. The summed E-state index contributed by atoms with van der Waals surface area (Å²) < 4.78 is 0. The highest BCUT2D eigenvalue weighted by molar-refractivity contribution is 5.86. The zero-order chi connectivity index (χ0) is 14.8. The molecule has 0 aromatic carbocycles. The van der Waals surface area contributed by atoms with Crippen LogP contribution in [0.3, 0.4) is 0 Å². The molecule has 0 saturated carbocycles. The third-order valence-corrected chi connectivity index (χ3v) is 4.66. The minimum atomic E-state index is -1.05. The summed E-state index contributed by atoms with van der Waals surface area (Å²) in [5.41, 5.74) is -1.05. The lowest BCUT2D eigenvalue weighted by atomic mass is 10.00. The molecule has 0 bridgehead atoms. The number of aliphatic carboxylic acids is 1. The number of hydrogen-bond acceptors (Lipinski definition) is 3. The first-order valence-corrected chi connectivity index (χ1v) is 7.48. The Morgan fingerprint density at radius 1 is 1.25 bits per heavy atom. The molecule has 0 aromatic heterocycles. The number of rotatable bonds is 4. The van der Waals surface area contributed by atoms with Gasteiger partial charge < -0.3 is 15.3 Å². The van der Waals surface area contributed by atoms with E-state index in [1.54, 1.807) is 6.92 Å². The molecule has 2 amide bonds. The predicted molar refractivity (Wildman–Crippen MR) is 75.6 cm³/mol. The molecule has 2 atom stereocenters. The van der Waals surface area contributed by atoms with Crippen LogP contribution in [0.15, 0.2) is 0 Å². The van der Waals surface area contributed by atoms with E-state index in [0.717, 1.165) is 19.5 Å². The molecule has 0 aliphatic carbocycles. The molecule has 2 saturated heterocycles. The molecular weight excluding hydrogens is 258 g/mol. The van der Waals surface area contributed by atoms with E-state index in [2.05, 4.69) is 17.1 Å². The number of carbonyl (C=O) groups is 2. The Labute approximate surface area is 120 Å². The fraction of sp³-hybridized carbons (Fsp3) is 0.857. The Kier molecular flexibility index (Phi) is 4.52. The molecular formula is C14H25N3O3. The second-order valence-electron chi connectivity index (χ2n) is 6.11. The van der Waals surface area contributed by atoms with E-state index in [-0.39, 0.29) is 6.03 Å². The van der Waals surface area contributed by atoms with Crippen molar-refractivity contribution in [2.45, 2.75) is 51.1 Å². The highest BCUT2D eigenvalue weighted by atomic mass is 16.4. The van der Waals surface area contributed by atoms with Gasteiger partial charge in [-0.1, -0.05) is 0 Å². The van der Waals surface area contributed by atoms with Gasteiger partial charge in [0.25, 0.3) is 0 Å². The van der Waals surface area contributed by atoms with E-state index < -0.39 is 11.5 Å². The van der Waals surface area contributed by atoms with Crippen LogP contribution < -0.4 is 5.32 Å². The van der Waals surface area contributed by atoms with Gasteiger partial charge in [0, 0.05) is 19.1 Å². The molecule has 2 N–H and O–H groups in total. The second-order valence-corrected chi connectivity index (χ2v) is 6.11. The van der Waals surface area contributed by atoms with Gasteiger partial charge >= 0.3 is 12.0 Å². The van der Waals surface area contributed by atoms with Crippen LogP contribution in [0.25, 0.3) is 0 Å². The van der Waals surface area contributed by atoms with Gasteiger partial charge in [-0.15, -0.1) is 0 Å². The number of nitrogens with one attached hydrogen (secondary N) is 1. The fourth-order valence-corrected chi connectivity index (χ4v) is 3.15. The number of urea groups is 1. The average molecular weight is 283 g/mol. The van der Waals surface area contributed by atoms with E-state index in [1.165, 1.54) is 17.7 Å². The minimum absolute atomic E-state index is 0.251. The van der Waals surface area contributed by atoms with Crippen molar-refractivity contribution in [3.63, 3.8) is 0 Å². The molecule has 2 aliphatic heterocycles. The van der Waals surface area contributed by atoms with E-state index >= 15 is 0 Å². The van der Waals surface area contributed by atoms with Crippen LogP contribution >= 0.6 is 0 Å². The normalized spacial score (nSPS) is 28.6. The van der Waals surface area contributed by atoms with Gasteiger partial charge in [-0.25, -0.2) is 9.59 Å². The molecule has 114 valence electrons. The quantitative estimate of drug-likeness (QED) is 0.811. The minimum Gasteiger partial charge on any atom is -0.480 e. The number of amides is 2. The van der Waals surface area contributed by atoms with Crippen LogP contribution in [-0.4, -0.2) is 64.7 Å². The summed E-state index contributed by atoms with van der Waals surface area (Å²) in [7, 11) is 0. The van der Waals surface area contributed by atoms with E-state index in [0.29, 0.717) is 25.6 Å². The maximum absolute atomic E-state index is 12.2. The molecule has 2 heterocycles. The molecule has 0 aromatic rings. The Morgan fingerprint density at radius 2 is 1.90 bits per heavy atom. The average Bonchev–Trinajstić information content (AvgIpc) is 3.05. The summed E-state index contributed by atoms with van der Waals surface area (Å²) in [4.78, 5) is 27.4. The topological polar surface area (TPSA) is 72.9 Å². The number of likely N-dealkylation sites (tertiary alicyclic amines) is 2. The number of carboxylic acid groups (broad SMARTS) is 1. The standard InChI is InChI=1S/C14H25N3O3/c1-11(16-7-3-4-8-16)10-15-13(20)17-9-5-6-14(17,2)12(18)19/h11H,3-10H2,1-2H3,(H,15,20)(H,18,19). The van der Waals surface area contributed by atoms with Crippen LogP contribution in [0.2, 0.25) is 0 Å². The van der Waals surface area contributed by atoms with Crippen LogP contribution in [0.4, 0.5) is 4.79 Å². The first-order chi connectivity index (χ1) is 9.45. The molecule has 20 heavy (non-hydrogen) atoms. The maximum Gasteiger partial charge on any atom is 0.329 e. The highest BCUT2D eigenvalue weighted by Gasteiger charge is 2.45. The van der Waals surface area contributed by atoms with E-state index in [4.69, 9.17) is 0 Å². The third kappa shape index (κ3) is 2.90. The monoisotopic (exact) mass is 283 g/mol. The van der Waals surface area contributed by atoms with Gasteiger partial charge in [-0.3, -0.25) is 4.90 Å².